The highest BCUT2D eigenvalue weighted by molar-refractivity contribution is 7.12. The zero-order valence-corrected chi connectivity index (χ0v) is 19.7. The van der Waals surface area contributed by atoms with E-state index in [1.165, 1.54) is 15.8 Å². The highest BCUT2D eigenvalue weighted by Gasteiger charge is 2.29. The molecule has 0 saturated carbocycles. The molecular formula is C21H25N5O4S2. The number of hydrogen-bond acceptors (Lipinski definition) is 9. The number of benzene rings is 1. The van der Waals surface area contributed by atoms with E-state index in [-0.39, 0.29) is 28.5 Å². The van der Waals surface area contributed by atoms with E-state index in [0.717, 1.165) is 11.7 Å². The number of aromatic nitrogens is 2. The number of aromatic hydroxyl groups is 1. The minimum atomic E-state index is -1.18. The van der Waals surface area contributed by atoms with E-state index in [0.29, 0.717) is 11.6 Å². The van der Waals surface area contributed by atoms with Crippen LogP contribution in [0, 0.1) is 12.3 Å². The molecule has 11 heteroatoms. The predicted octanol–water partition coefficient (Wildman–Crippen LogP) is 4.37. The van der Waals surface area contributed by atoms with Gasteiger partial charge in [0, 0.05) is 9.75 Å². The van der Waals surface area contributed by atoms with Crippen LogP contribution in [0.3, 0.4) is 0 Å². The van der Waals surface area contributed by atoms with Crippen molar-refractivity contribution in [2.75, 3.05) is 17.2 Å². The highest BCUT2D eigenvalue weighted by Crippen LogP contribution is 2.40. The molecule has 0 spiro atoms. The Morgan fingerprint density at radius 2 is 1.84 bits per heavy atom. The minimum Gasteiger partial charge on any atom is -0.505 e. The molecule has 0 fully saturated rings. The summed E-state index contributed by atoms with van der Waals surface area (Å²) in [6, 6.07) is 8.74. The maximum atomic E-state index is 12.2. The van der Waals surface area contributed by atoms with Gasteiger partial charge >= 0.3 is 5.97 Å². The van der Waals surface area contributed by atoms with Gasteiger partial charge in [-0.2, -0.15) is 8.75 Å². The number of anilines is 3. The number of carbonyl (C=O) groups excluding carboxylic acids is 1. The molecule has 1 atom stereocenters. The van der Waals surface area contributed by atoms with Crippen LogP contribution in [0.2, 0.25) is 0 Å². The maximum absolute atomic E-state index is 12.2. The number of carboxylic acid groups (broad SMARTS) is 1. The zero-order valence-electron chi connectivity index (χ0n) is 18.1. The number of phenols is 1. The number of aryl methyl sites for hydroxylation is 1. The molecule has 1 amide bonds. The van der Waals surface area contributed by atoms with E-state index in [4.69, 9.17) is 5.11 Å². The summed E-state index contributed by atoms with van der Waals surface area (Å²) in [5.41, 5.74) is 0.0984. The third kappa shape index (κ3) is 5.54. The van der Waals surface area contributed by atoms with Crippen molar-refractivity contribution < 1.29 is 19.8 Å². The molecule has 0 bridgehead atoms. The number of amides is 1. The van der Waals surface area contributed by atoms with Crippen molar-refractivity contribution in [3.8, 4) is 5.75 Å². The predicted molar refractivity (Wildman–Crippen MR) is 126 cm³/mol. The van der Waals surface area contributed by atoms with E-state index in [1.807, 2.05) is 0 Å². The van der Waals surface area contributed by atoms with Crippen LogP contribution >= 0.6 is 23.1 Å². The maximum Gasteiger partial charge on any atom is 0.322 e. The van der Waals surface area contributed by atoms with Gasteiger partial charge < -0.3 is 26.2 Å². The van der Waals surface area contributed by atoms with Crippen molar-refractivity contribution in [3.63, 3.8) is 0 Å². The lowest BCUT2D eigenvalue weighted by atomic mass is 9.86. The molecule has 32 heavy (non-hydrogen) atoms. The van der Waals surface area contributed by atoms with Gasteiger partial charge in [0.1, 0.15) is 6.54 Å². The summed E-state index contributed by atoms with van der Waals surface area (Å²) >= 11 is 2.73. The number of phenolic OH excluding ortho intramolecular Hbond substituents is 1. The van der Waals surface area contributed by atoms with Crippen molar-refractivity contribution in [1.29, 1.82) is 0 Å². The Bertz CT molecular complexity index is 1120. The Morgan fingerprint density at radius 1 is 1.12 bits per heavy atom. The monoisotopic (exact) mass is 475 g/mol. The lowest BCUT2D eigenvalue weighted by Gasteiger charge is -2.31. The first-order valence-electron chi connectivity index (χ1n) is 9.80. The summed E-state index contributed by atoms with van der Waals surface area (Å²) in [5, 5.41) is 28.0. The van der Waals surface area contributed by atoms with Crippen LogP contribution in [-0.4, -0.2) is 37.4 Å². The van der Waals surface area contributed by atoms with Crippen LogP contribution in [0.5, 0.6) is 5.75 Å². The second-order valence-electron chi connectivity index (χ2n) is 8.26. The van der Waals surface area contributed by atoms with E-state index in [2.05, 4.69) is 64.5 Å². The van der Waals surface area contributed by atoms with Crippen molar-refractivity contribution in [2.24, 2.45) is 5.41 Å². The largest absolute Gasteiger partial charge is 0.505 e. The fraction of sp³-hybridized carbons (Fsp3) is 0.333. The van der Waals surface area contributed by atoms with E-state index in [1.54, 1.807) is 23.5 Å². The van der Waals surface area contributed by atoms with Crippen LogP contribution in [0.15, 0.2) is 30.3 Å². The molecular weight excluding hydrogens is 450 g/mol. The fourth-order valence-electron chi connectivity index (χ4n) is 3.03. The average Bonchev–Trinajstić information content (AvgIpc) is 3.33. The van der Waals surface area contributed by atoms with Crippen molar-refractivity contribution in [1.82, 2.24) is 14.1 Å². The quantitative estimate of drug-likeness (QED) is 0.303. The van der Waals surface area contributed by atoms with Crippen LogP contribution in [-0.2, 0) is 4.79 Å². The molecule has 0 radical (unpaired) electrons. The normalized spacial score (nSPS) is 12.2. The molecule has 1 aromatic carbocycles. The number of aliphatic carboxylic acids is 1. The summed E-state index contributed by atoms with van der Waals surface area (Å²) in [6.45, 7) is 7.93. The van der Waals surface area contributed by atoms with Gasteiger partial charge in [0.15, 0.2) is 17.4 Å². The fourth-order valence-corrected chi connectivity index (χ4v) is 4.68. The second kappa shape index (κ2) is 9.53. The van der Waals surface area contributed by atoms with Crippen LogP contribution in [0.1, 0.15) is 46.9 Å². The number of thiophene rings is 1. The van der Waals surface area contributed by atoms with Gasteiger partial charge in [-0.25, -0.2) is 0 Å². The zero-order chi connectivity index (χ0) is 23.5. The first-order valence-corrected chi connectivity index (χ1v) is 11.4. The first-order chi connectivity index (χ1) is 15.1. The summed E-state index contributed by atoms with van der Waals surface area (Å²) in [4.78, 5) is 25.3. The van der Waals surface area contributed by atoms with Gasteiger partial charge in [-0.15, -0.1) is 11.3 Å². The number of nitrogens with zero attached hydrogens (tertiary/aromatic N) is 2. The van der Waals surface area contributed by atoms with Crippen molar-refractivity contribution in [3.05, 3.63) is 45.6 Å². The second-order valence-corrected chi connectivity index (χ2v) is 10.1. The third-order valence-electron chi connectivity index (χ3n) is 4.62. The van der Waals surface area contributed by atoms with Gasteiger partial charge in [0.25, 0.3) is 5.91 Å². The SMILES string of the molecule is Cc1ccc(C(Nc2nsnc2Nc2cccc(C(=O)NCC(=O)O)c2O)C(C)(C)C)s1. The number of carboxylic acids is 1. The molecule has 2 aromatic heterocycles. The van der Waals surface area contributed by atoms with Crippen LogP contribution < -0.4 is 16.0 Å². The Morgan fingerprint density at radius 3 is 2.47 bits per heavy atom. The molecule has 3 aromatic rings. The average molecular weight is 476 g/mol. The van der Waals surface area contributed by atoms with E-state index >= 15 is 0 Å². The van der Waals surface area contributed by atoms with Gasteiger partial charge in [-0.05, 0) is 36.6 Å². The van der Waals surface area contributed by atoms with E-state index in [9.17, 15) is 14.7 Å². The number of carbonyl (C=O) groups is 2. The van der Waals surface area contributed by atoms with E-state index < -0.39 is 18.4 Å². The summed E-state index contributed by atoms with van der Waals surface area (Å²) in [6.07, 6.45) is 0. The number of para-hydroxylation sites is 1. The lowest BCUT2D eigenvalue weighted by Crippen LogP contribution is -2.29. The van der Waals surface area contributed by atoms with Crippen molar-refractivity contribution >= 4 is 52.3 Å². The Balaban J connectivity index is 1.84. The van der Waals surface area contributed by atoms with Crippen LogP contribution in [0.4, 0.5) is 17.3 Å². The molecule has 0 aliphatic rings. The third-order valence-corrected chi connectivity index (χ3v) is 6.21. The molecule has 2 heterocycles. The Kier molecular flexibility index (Phi) is 6.99. The van der Waals surface area contributed by atoms with Gasteiger partial charge in [0.05, 0.1) is 29.0 Å². The molecule has 170 valence electrons. The number of nitrogens with one attached hydrogen (secondary N) is 3. The molecule has 5 N–H and O–H groups in total. The van der Waals surface area contributed by atoms with Crippen LogP contribution in [0.25, 0.3) is 0 Å². The minimum absolute atomic E-state index is 0.0209. The molecule has 1 unspecified atom stereocenters. The number of hydrogen-bond donors (Lipinski definition) is 5. The summed E-state index contributed by atoms with van der Waals surface area (Å²) in [5.74, 6) is -1.23. The highest BCUT2D eigenvalue weighted by atomic mass is 32.1. The first kappa shape index (κ1) is 23.5. The standard InChI is InChI=1S/C21H25N5O4S2/c1-11-8-9-14(31-11)17(21(2,3)4)24-19-18(25-32-26-19)23-13-7-5-6-12(16(13)29)20(30)22-10-15(27)28/h5-9,17,29H,10H2,1-4H3,(H,22,30)(H,23,25)(H,24,26)(H,27,28). The summed E-state index contributed by atoms with van der Waals surface area (Å²) < 4.78 is 8.66. The smallest absolute Gasteiger partial charge is 0.322 e. The molecule has 0 saturated heterocycles. The molecule has 3 rings (SSSR count). The van der Waals surface area contributed by atoms with Gasteiger partial charge in [-0.3, -0.25) is 9.59 Å². The van der Waals surface area contributed by atoms with Gasteiger partial charge in [0.2, 0.25) is 0 Å². The number of rotatable bonds is 8. The topological polar surface area (TPSA) is 136 Å². The molecule has 0 aliphatic carbocycles. The lowest BCUT2D eigenvalue weighted by molar-refractivity contribution is -0.135. The Hall–Kier alpha value is -3.18. The summed E-state index contributed by atoms with van der Waals surface area (Å²) in [7, 11) is 0. The van der Waals surface area contributed by atoms with Crippen molar-refractivity contribution in [2.45, 2.75) is 33.7 Å². The van der Waals surface area contributed by atoms with Gasteiger partial charge in [-0.1, -0.05) is 26.8 Å². The molecule has 9 nitrogen and oxygen atoms in total. The Labute approximate surface area is 193 Å². The molecule has 0 aliphatic heterocycles.